The third-order valence-corrected chi connectivity index (χ3v) is 3.76. The van der Waals surface area contributed by atoms with Crippen molar-refractivity contribution in [2.45, 2.75) is 45.1 Å². The molecule has 1 saturated carbocycles. The molecule has 1 heterocycles. The van der Waals surface area contributed by atoms with Crippen LogP contribution in [-0.4, -0.2) is 22.6 Å². The number of aromatic nitrogens is 2. The molecule has 102 valence electrons. The fourth-order valence-electron chi connectivity index (χ4n) is 2.76. The van der Waals surface area contributed by atoms with Crippen LogP contribution in [0.4, 0.5) is 5.95 Å². The van der Waals surface area contributed by atoms with Gasteiger partial charge in [-0.15, -0.1) is 0 Å². The van der Waals surface area contributed by atoms with Gasteiger partial charge in [-0.3, -0.25) is 0 Å². The van der Waals surface area contributed by atoms with Crippen molar-refractivity contribution in [1.82, 2.24) is 9.97 Å². The summed E-state index contributed by atoms with van der Waals surface area (Å²) in [6, 6.07) is 3.94. The van der Waals surface area contributed by atoms with Crippen molar-refractivity contribution in [1.29, 1.82) is 5.26 Å². The maximum atomic E-state index is 8.93. The molecule has 1 atom stereocenters. The van der Waals surface area contributed by atoms with E-state index in [9.17, 15) is 0 Å². The number of anilines is 1. The van der Waals surface area contributed by atoms with Gasteiger partial charge in [-0.05, 0) is 31.7 Å². The second-order valence-corrected chi connectivity index (χ2v) is 5.21. The Morgan fingerprint density at radius 2 is 2.16 bits per heavy atom. The predicted molar refractivity (Wildman–Crippen MR) is 74.5 cm³/mol. The van der Waals surface area contributed by atoms with E-state index in [-0.39, 0.29) is 6.04 Å². The van der Waals surface area contributed by atoms with Crippen molar-refractivity contribution in [3.8, 4) is 6.07 Å². The molecule has 2 rings (SSSR count). The van der Waals surface area contributed by atoms with Gasteiger partial charge in [-0.2, -0.15) is 5.26 Å². The van der Waals surface area contributed by atoms with E-state index in [2.05, 4.69) is 21.4 Å². The molecule has 5 heteroatoms. The molecule has 1 aliphatic rings. The number of nitrogens with two attached hydrogens (primary N) is 1. The molecule has 1 unspecified atom stereocenters. The summed E-state index contributed by atoms with van der Waals surface area (Å²) in [6.07, 6.45) is 6.31. The van der Waals surface area contributed by atoms with Crippen molar-refractivity contribution < 1.29 is 0 Å². The minimum atomic E-state index is 0.202. The van der Waals surface area contributed by atoms with Crippen LogP contribution in [0.5, 0.6) is 0 Å². The highest BCUT2D eigenvalue weighted by atomic mass is 15.1. The van der Waals surface area contributed by atoms with Crippen LogP contribution in [0.1, 0.15) is 43.5 Å². The van der Waals surface area contributed by atoms with Gasteiger partial charge in [0, 0.05) is 18.3 Å². The summed E-state index contributed by atoms with van der Waals surface area (Å²) >= 11 is 0. The highest BCUT2D eigenvalue weighted by molar-refractivity contribution is 5.34. The fourth-order valence-corrected chi connectivity index (χ4v) is 2.76. The van der Waals surface area contributed by atoms with E-state index in [1.54, 1.807) is 6.07 Å². The standard InChI is InChI=1S/C14H21N5/c1-10-7-12(8-15)18-14(17-10)19-13(9-16)11-5-3-2-4-6-11/h7,11,13H,2-6,9,16H2,1H3,(H,17,18,19). The van der Waals surface area contributed by atoms with E-state index in [0.29, 0.717) is 24.1 Å². The third-order valence-electron chi connectivity index (χ3n) is 3.76. The molecule has 1 aromatic heterocycles. The first-order valence-corrected chi connectivity index (χ1v) is 6.95. The van der Waals surface area contributed by atoms with E-state index < -0.39 is 0 Å². The molecule has 0 amide bonds. The second kappa shape index (κ2) is 6.48. The summed E-state index contributed by atoms with van der Waals surface area (Å²) in [6.45, 7) is 2.44. The SMILES string of the molecule is Cc1cc(C#N)nc(NC(CN)C2CCCCC2)n1. The van der Waals surface area contributed by atoms with Crippen LogP contribution in [0.2, 0.25) is 0 Å². The first-order chi connectivity index (χ1) is 9.22. The molecule has 0 bridgehead atoms. The molecule has 0 aliphatic heterocycles. The predicted octanol–water partition coefficient (Wildman–Crippen LogP) is 1.98. The van der Waals surface area contributed by atoms with Crippen LogP contribution in [0.25, 0.3) is 0 Å². The summed E-state index contributed by atoms with van der Waals surface area (Å²) in [7, 11) is 0. The van der Waals surface area contributed by atoms with Gasteiger partial charge in [-0.1, -0.05) is 19.3 Å². The summed E-state index contributed by atoms with van der Waals surface area (Å²) in [4.78, 5) is 8.53. The quantitative estimate of drug-likeness (QED) is 0.863. The molecule has 0 saturated heterocycles. The van der Waals surface area contributed by atoms with Gasteiger partial charge in [0.25, 0.3) is 0 Å². The van der Waals surface area contributed by atoms with Crippen LogP contribution >= 0.6 is 0 Å². The van der Waals surface area contributed by atoms with E-state index in [1.165, 1.54) is 32.1 Å². The molecule has 1 aliphatic carbocycles. The summed E-state index contributed by atoms with van der Waals surface area (Å²) < 4.78 is 0. The van der Waals surface area contributed by atoms with Gasteiger partial charge in [0.15, 0.2) is 0 Å². The highest BCUT2D eigenvalue weighted by Gasteiger charge is 2.23. The Labute approximate surface area is 114 Å². The lowest BCUT2D eigenvalue weighted by atomic mass is 9.84. The molecule has 0 aromatic carbocycles. The Morgan fingerprint density at radius 3 is 2.79 bits per heavy atom. The number of hydrogen-bond acceptors (Lipinski definition) is 5. The van der Waals surface area contributed by atoms with Crippen LogP contribution in [0.15, 0.2) is 6.07 Å². The average molecular weight is 259 g/mol. The van der Waals surface area contributed by atoms with Gasteiger partial charge in [0.2, 0.25) is 5.95 Å². The van der Waals surface area contributed by atoms with Crippen molar-refractivity contribution in [3.05, 3.63) is 17.5 Å². The third kappa shape index (κ3) is 3.65. The van der Waals surface area contributed by atoms with E-state index in [4.69, 9.17) is 11.0 Å². The smallest absolute Gasteiger partial charge is 0.224 e. The molecule has 1 fully saturated rings. The van der Waals surface area contributed by atoms with Crippen molar-refractivity contribution in [3.63, 3.8) is 0 Å². The molecule has 19 heavy (non-hydrogen) atoms. The molecule has 3 N–H and O–H groups in total. The van der Waals surface area contributed by atoms with Gasteiger partial charge in [0.1, 0.15) is 11.8 Å². The fraction of sp³-hybridized carbons (Fsp3) is 0.643. The van der Waals surface area contributed by atoms with Crippen molar-refractivity contribution >= 4 is 5.95 Å². The van der Waals surface area contributed by atoms with Crippen LogP contribution < -0.4 is 11.1 Å². The van der Waals surface area contributed by atoms with Gasteiger partial charge < -0.3 is 11.1 Å². The average Bonchev–Trinajstić information content (AvgIpc) is 2.45. The Kier molecular flexibility index (Phi) is 4.69. The van der Waals surface area contributed by atoms with Crippen LogP contribution in [-0.2, 0) is 0 Å². The zero-order valence-corrected chi connectivity index (χ0v) is 11.4. The van der Waals surface area contributed by atoms with Crippen molar-refractivity contribution in [2.24, 2.45) is 11.7 Å². The Balaban J connectivity index is 2.09. The van der Waals surface area contributed by atoms with Gasteiger partial charge >= 0.3 is 0 Å². The minimum absolute atomic E-state index is 0.202. The summed E-state index contributed by atoms with van der Waals surface area (Å²) in [5.74, 6) is 1.12. The van der Waals surface area contributed by atoms with E-state index in [1.807, 2.05) is 6.92 Å². The first kappa shape index (κ1) is 13.8. The Morgan fingerprint density at radius 1 is 1.42 bits per heavy atom. The number of aryl methyl sites for hydroxylation is 1. The number of hydrogen-bond donors (Lipinski definition) is 2. The molecule has 0 spiro atoms. The largest absolute Gasteiger partial charge is 0.350 e. The monoisotopic (exact) mass is 259 g/mol. The lowest BCUT2D eigenvalue weighted by Crippen LogP contribution is -2.38. The van der Waals surface area contributed by atoms with Crippen LogP contribution in [0.3, 0.4) is 0 Å². The molecule has 0 radical (unpaired) electrons. The number of nitrogens with zero attached hydrogens (tertiary/aromatic N) is 3. The summed E-state index contributed by atoms with van der Waals surface area (Å²) in [5, 5.41) is 12.2. The van der Waals surface area contributed by atoms with Gasteiger partial charge in [0.05, 0.1) is 0 Å². The second-order valence-electron chi connectivity index (χ2n) is 5.21. The van der Waals surface area contributed by atoms with E-state index in [0.717, 1.165) is 5.69 Å². The first-order valence-electron chi connectivity index (χ1n) is 6.95. The molecular weight excluding hydrogens is 238 g/mol. The number of nitrogens with one attached hydrogen (secondary N) is 1. The Hall–Kier alpha value is -1.67. The van der Waals surface area contributed by atoms with E-state index >= 15 is 0 Å². The number of rotatable bonds is 4. The molecular formula is C14H21N5. The lowest BCUT2D eigenvalue weighted by Gasteiger charge is -2.30. The van der Waals surface area contributed by atoms with Gasteiger partial charge in [-0.25, -0.2) is 9.97 Å². The minimum Gasteiger partial charge on any atom is -0.350 e. The zero-order valence-electron chi connectivity index (χ0n) is 11.4. The zero-order chi connectivity index (χ0) is 13.7. The maximum Gasteiger partial charge on any atom is 0.224 e. The highest BCUT2D eigenvalue weighted by Crippen LogP contribution is 2.27. The van der Waals surface area contributed by atoms with Crippen LogP contribution in [0, 0.1) is 24.2 Å². The normalized spacial score (nSPS) is 17.7. The maximum absolute atomic E-state index is 8.93. The molecule has 5 nitrogen and oxygen atoms in total. The lowest BCUT2D eigenvalue weighted by molar-refractivity contribution is 0.320. The number of nitriles is 1. The topological polar surface area (TPSA) is 87.6 Å². The summed E-state index contributed by atoms with van der Waals surface area (Å²) in [5.41, 5.74) is 7.07. The van der Waals surface area contributed by atoms with Crippen molar-refractivity contribution in [2.75, 3.05) is 11.9 Å². The Bertz CT molecular complexity index is 459. The molecule has 1 aromatic rings.